The van der Waals surface area contributed by atoms with E-state index in [9.17, 15) is 28.1 Å². The monoisotopic (exact) mass is 372 g/mol. The summed E-state index contributed by atoms with van der Waals surface area (Å²) in [6.07, 6.45) is -4.79. The van der Waals surface area contributed by atoms with Gasteiger partial charge in [0.15, 0.2) is 0 Å². The van der Waals surface area contributed by atoms with Gasteiger partial charge in [-0.3, -0.25) is 14.9 Å². The quantitative estimate of drug-likeness (QED) is 0.519. The number of nitro groups is 1. The second-order valence-corrected chi connectivity index (χ2v) is 6.90. The Hall–Kier alpha value is -2.46. The first-order chi connectivity index (χ1) is 11.3. The van der Waals surface area contributed by atoms with E-state index in [1.54, 1.807) is 30.3 Å². The van der Waals surface area contributed by atoms with Crippen molar-refractivity contribution in [3.8, 4) is 0 Å². The summed E-state index contributed by atoms with van der Waals surface area (Å²) in [5.41, 5.74) is -1.55. The number of rotatable bonds is 3. The van der Waals surface area contributed by atoms with Crippen LogP contribution >= 0.6 is 22.7 Å². The highest BCUT2D eigenvalue weighted by atomic mass is 32.2. The number of para-hydroxylation sites is 1. The van der Waals surface area contributed by atoms with Gasteiger partial charge in [0.2, 0.25) is 0 Å². The molecule has 0 bridgehead atoms. The maximum Gasteiger partial charge on any atom is 0.418 e. The molecule has 1 N–H and O–H groups in total. The molecule has 5 nitrogen and oxygen atoms in total. The Morgan fingerprint density at radius 1 is 1.08 bits per heavy atom. The average Bonchev–Trinajstić information content (AvgIpc) is 2.88. The minimum absolute atomic E-state index is 0.0737. The minimum Gasteiger partial charge on any atom is -0.349 e. The largest absolute Gasteiger partial charge is 0.418 e. The fourth-order valence-electron chi connectivity index (χ4n) is 2.15. The normalized spacial score (nSPS) is 11.6. The van der Waals surface area contributed by atoms with E-state index in [-0.39, 0.29) is 15.1 Å². The Labute approximate surface area is 140 Å². The number of nitrogens with zero attached hydrogens (tertiary/aromatic N) is 1. The van der Waals surface area contributed by atoms with Crippen molar-refractivity contribution in [1.82, 2.24) is 0 Å². The van der Waals surface area contributed by atoms with Crippen molar-refractivity contribution in [3.63, 3.8) is 0 Å². The molecule has 3 aromatic rings. The number of nitro benzene ring substituents is 1. The third kappa shape index (κ3) is 2.97. The van der Waals surface area contributed by atoms with Gasteiger partial charge < -0.3 is 5.32 Å². The van der Waals surface area contributed by atoms with E-state index in [1.807, 2.05) is 0 Å². The molecule has 124 valence electrons. The van der Waals surface area contributed by atoms with Crippen LogP contribution in [0.4, 0.5) is 30.2 Å². The molecule has 0 saturated heterocycles. The van der Waals surface area contributed by atoms with E-state index < -0.39 is 26.4 Å². The number of benzene rings is 2. The Morgan fingerprint density at radius 2 is 1.71 bits per heavy atom. The van der Waals surface area contributed by atoms with Crippen LogP contribution < -0.4 is 9.37 Å². The summed E-state index contributed by atoms with van der Waals surface area (Å²) in [7, 11) is 0. The second kappa shape index (κ2) is 5.87. The van der Waals surface area contributed by atoms with Crippen LogP contribution in [0.2, 0.25) is 0 Å². The van der Waals surface area contributed by atoms with Crippen molar-refractivity contribution in [2.75, 3.05) is 5.32 Å². The molecule has 10 heteroatoms. The highest BCUT2D eigenvalue weighted by Crippen LogP contribution is 2.45. The standard InChI is InChI=1S/C14H7F3N2O3S2/c15-14(16,17)8-6-9(19(21)22)10(12-11(8)23-13(20)24-12)18-7-4-2-1-3-5-7/h1-6,18H. The zero-order valence-corrected chi connectivity index (χ0v) is 13.2. The van der Waals surface area contributed by atoms with Gasteiger partial charge in [0, 0.05) is 11.8 Å². The number of fused-ring (bicyclic) bond motifs is 1. The van der Waals surface area contributed by atoms with Crippen molar-refractivity contribution in [2.24, 2.45) is 0 Å². The average molecular weight is 372 g/mol. The van der Waals surface area contributed by atoms with Crippen LogP contribution in [0.15, 0.2) is 41.2 Å². The lowest BCUT2D eigenvalue weighted by Crippen LogP contribution is -2.07. The molecule has 1 aromatic heterocycles. The van der Waals surface area contributed by atoms with Gasteiger partial charge in [-0.2, -0.15) is 13.2 Å². The van der Waals surface area contributed by atoms with Crippen molar-refractivity contribution in [2.45, 2.75) is 6.18 Å². The lowest BCUT2D eigenvalue weighted by atomic mass is 10.1. The molecule has 0 saturated carbocycles. The smallest absolute Gasteiger partial charge is 0.349 e. The fraction of sp³-hybridized carbons (Fsp3) is 0.0714. The van der Waals surface area contributed by atoms with Gasteiger partial charge in [-0.15, -0.1) is 0 Å². The molecule has 0 aliphatic rings. The molecular formula is C14H7F3N2O3S2. The second-order valence-electron chi connectivity index (χ2n) is 4.68. The van der Waals surface area contributed by atoms with Crippen molar-refractivity contribution >= 4 is 49.1 Å². The number of alkyl halides is 3. The Kier molecular flexibility index (Phi) is 4.01. The molecule has 0 fully saturated rings. The summed E-state index contributed by atoms with van der Waals surface area (Å²) in [6.45, 7) is 0. The number of hydrogen-bond acceptors (Lipinski definition) is 6. The van der Waals surface area contributed by atoms with Crippen molar-refractivity contribution in [3.05, 3.63) is 60.9 Å². The number of halogens is 3. The van der Waals surface area contributed by atoms with Crippen LogP contribution in [0.1, 0.15) is 5.56 Å². The maximum atomic E-state index is 13.2. The van der Waals surface area contributed by atoms with Gasteiger partial charge >= 0.3 is 6.18 Å². The number of anilines is 2. The third-order valence-corrected chi connectivity index (χ3v) is 5.33. The molecule has 3 rings (SSSR count). The molecule has 0 amide bonds. The molecular weight excluding hydrogens is 365 g/mol. The van der Waals surface area contributed by atoms with Crippen LogP contribution in [0, 0.1) is 10.1 Å². The van der Waals surface area contributed by atoms with Gasteiger partial charge in [0.1, 0.15) is 5.69 Å². The molecule has 1 heterocycles. The predicted molar refractivity (Wildman–Crippen MR) is 87.4 cm³/mol. The maximum absolute atomic E-state index is 13.2. The lowest BCUT2D eigenvalue weighted by molar-refractivity contribution is -0.384. The highest BCUT2D eigenvalue weighted by molar-refractivity contribution is 7.36. The van der Waals surface area contributed by atoms with Crippen molar-refractivity contribution in [1.29, 1.82) is 0 Å². The molecule has 0 radical (unpaired) electrons. The lowest BCUT2D eigenvalue weighted by Gasteiger charge is -2.12. The summed E-state index contributed by atoms with van der Waals surface area (Å²) in [6, 6.07) is 8.77. The third-order valence-electron chi connectivity index (χ3n) is 3.13. The van der Waals surface area contributed by atoms with Gasteiger partial charge in [-0.1, -0.05) is 40.9 Å². The first-order valence-corrected chi connectivity index (χ1v) is 8.05. The van der Waals surface area contributed by atoms with Crippen LogP contribution in [-0.4, -0.2) is 4.92 Å². The topological polar surface area (TPSA) is 72.2 Å². The van der Waals surface area contributed by atoms with Crippen LogP contribution in [0.3, 0.4) is 0 Å². The van der Waals surface area contributed by atoms with Gasteiger partial charge in [-0.05, 0) is 12.1 Å². The Bertz CT molecular complexity index is 981. The Morgan fingerprint density at radius 3 is 2.29 bits per heavy atom. The molecule has 0 atom stereocenters. The fourth-order valence-corrected chi connectivity index (χ4v) is 4.34. The molecule has 0 spiro atoms. The van der Waals surface area contributed by atoms with Gasteiger partial charge in [0.05, 0.1) is 19.9 Å². The molecule has 24 heavy (non-hydrogen) atoms. The Balaban J connectivity index is 2.33. The van der Waals surface area contributed by atoms with E-state index in [0.717, 1.165) is 0 Å². The number of nitrogens with one attached hydrogen (secondary N) is 1. The van der Waals surface area contributed by atoms with Crippen LogP contribution in [0.5, 0.6) is 0 Å². The predicted octanol–water partition coefficient (Wildman–Crippen LogP) is 4.99. The summed E-state index contributed by atoms with van der Waals surface area (Å²) in [5, 5.41) is 14.0. The van der Waals surface area contributed by atoms with E-state index in [0.29, 0.717) is 34.4 Å². The van der Waals surface area contributed by atoms with Crippen LogP contribution in [-0.2, 0) is 6.18 Å². The summed E-state index contributed by atoms with van der Waals surface area (Å²) in [5.74, 6) is 0. The molecule has 0 unspecified atom stereocenters. The van der Waals surface area contributed by atoms with E-state index in [4.69, 9.17) is 0 Å². The molecule has 0 aliphatic heterocycles. The van der Waals surface area contributed by atoms with E-state index in [1.165, 1.54) is 0 Å². The van der Waals surface area contributed by atoms with E-state index >= 15 is 0 Å². The van der Waals surface area contributed by atoms with E-state index in [2.05, 4.69) is 5.32 Å². The molecule has 2 aromatic carbocycles. The zero-order valence-electron chi connectivity index (χ0n) is 11.6. The summed E-state index contributed by atoms with van der Waals surface area (Å²) < 4.78 is 38.6. The number of hydrogen-bond donors (Lipinski definition) is 1. The molecule has 0 aliphatic carbocycles. The van der Waals surface area contributed by atoms with Gasteiger partial charge in [0.25, 0.3) is 9.74 Å². The summed E-state index contributed by atoms with van der Waals surface area (Å²) >= 11 is 0.987. The minimum atomic E-state index is -4.79. The van der Waals surface area contributed by atoms with Crippen molar-refractivity contribution < 1.29 is 18.1 Å². The zero-order chi connectivity index (χ0) is 17.5. The SMILES string of the molecule is O=c1sc2c(C(F)(F)F)cc([N+](=O)[O-])c(Nc3ccccc3)c2s1. The first kappa shape index (κ1) is 16.4. The van der Waals surface area contributed by atoms with Crippen LogP contribution in [0.25, 0.3) is 9.40 Å². The highest BCUT2D eigenvalue weighted by Gasteiger charge is 2.37. The van der Waals surface area contributed by atoms with Gasteiger partial charge in [-0.25, -0.2) is 0 Å². The first-order valence-electron chi connectivity index (χ1n) is 6.41. The summed E-state index contributed by atoms with van der Waals surface area (Å²) in [4.78, 5) is 22.0.